The van der Waals surface area contributed by atoms with E-state index in [0.29, 0.717) is 27.3 Å². The normalized spacial score (nSPS) is 12.6. The summed E-state index contributed by atoms with van der Waals surface area (Å²) in [5, 5.41) is 6.94. The van der Waals surface area contributed by atoms with E-state index in [2.05, 4.69) is 20.4 Å². The molecular formula is C17H16N6O4S. The lowest BCUT2D eigenvalue weighted by Crippen LogP contribution is -2.14. The van der Waals surface area contributed by atoms with E-state index in [4.69, 9.17) is 32.2 Å². The number of rotatable bonds is 4. The number of imidazole rings is 1. The molecule has 0 spiro atoms. The summed E-state index contributed by atoms with van der Waals surface area (Å²) in [5.74, 6) is 1.74. The van der Waals surface area contributed by atoms with E-state index in [1.807, 2.05) is 18.2 Å². The Hall–Kier alpha value is -3.60. The van der Waals surface area contributed by atoms with Gasteiger partial charge in [-0.1, -0.05) is 0 Å². The highest BCUT2D eigenvalue weighted by molar-refractivity contribution is 7.71. The number of nitrogens with one attached hydrogen (secondary N) is 2. The third-order valence-electron chi connectivity index (χ3n) is 3.90. The maximum Gasteiger partial charge on any atom is 0.412 e. The third-order valence-corrected chi connectivity index (χ3v) is 4.18. The Bertz CT molecular complexity index is 1150. The van der Waals surface area contributed by atoms with E-state index >= 15 is 0 Å². The SMILES string of the molecule is CCOC(=O)Nc1cc2c([nH]c(=S)n2/N=C/c2ccc3c(c2)OCO3)c(N)n1. The molecule has 3 aromatic rings. The second-order valence-corrected chi connectivity index (χ2v) is 6.12. The molecule has 28 heavy (non-hydrogen) atoms. The van der Waals surface area contributed by atoms with Gasteiger partial charge < -0.3 is 24.9 Å². The zero-order chi connectivity index (χ0) is 19.7. The minimum atomic E-state index is -0.627. The van der Waals surface area contributed by atoms with E-state index in [-0.39, 0.29) is 25.0 Å². The zero-order valence-corrected chi connectivity index (χ0v) is 15.6. The predicted octanol–water partition coefficient (Wildman–Crippen LogP) is 2.86. The van der Waals surface area contributed by atoms with Gasteiger partial charge in [0, 0.05) is 6.07 Å². The summed E-state index contributed by atoms with van der Waals surface area (Å²) in [4.78, 5) is 18.7. The molecule has 2 aromatic heterocycles. The third kappa shape index (κ3) is 3.34. The number of benzene rings is 1. The number of ether oxygens (including phenoxy) is 3. The quantitative estimate of drug-likeness (QED) is 0.454. The van der Waals surface area contributed by atoms with Crippen LogP contribution in [0.5, 0.6) is 11.5 Å². The molecule has 0 saturated heterocycles. The molecule has 10 nitrogen and oxygen atoms in total. The van der Waals surface area contributed by atoms with Gasteiger partial charge in [0.15, 0.2) is 22.1 Å². The van der Waals surface area contributed by atoms with Gasteiger partial charge in [-0.25, -0.2) is 14.5 Å². The van der Waals surface area contributed by atoms with Crippen LogP contribution >= 0.6 is 12.2 Å². The second kappa shape index (κ2) is 7.19. The monoisotopic (exact) mass is 400 g/mol. The topological polar surface area (TPSA) is 129 Å². The number of nitrogen functional groups attached to an aromatic ring is 1. The molecule has 3 heterocycles. The molecule has 0 aliphatic carbocycles. The minimum absolute atomic E-state index is 0.174. The number of amides is 1. The number of carbonyl (C=O) groups is 1. The summed E-state index contributed by atoms with van der Waals surface area (Å²) in [7, 11) is 0. The molecule has 1 aliphatic rings. The molecule has 0 unspecified atom stereocenters. The lowest BCUT2D eigenvalue weighted by Gasteiger charge is -2.06. The van der Waals surface area contributed by atoms with Gasteiger partial charge in [0.1, 0.15) is 11.3 Å². The molecule has 0 saturated carbocycles. The van der Waals surface area contributed by atoms with Crippen molar-refractivity contribution in [2.75, 3.05) is 24.5 Å². The van der Waals surface area contributed by atoms with Gasteiger partial charge in [-0.2, -0.15) is 5.10 Å². The number of hydrogen-bond donors (Lipinski definition) is 3. The number of aromatic nitrogens is 3. The van der Waals surface area contributed by atoms with Gasteiger partial charge in [-0.3, -0.25) is 5.32 Å². The molecule has 0 atom stereocenters. The first-order chi connectivity index (χ1) is 13.5. The van der Waals surface area contributed by atoms with Crippen molar-refractivity contribution in [1.82, 2.24) is 14.6 Å². The summed E-state index contributed by atoms with van der Waals surface area (Å²) in [5.41, 5.74) is 7.85. The number of nitrogens with zero attached hydrogens (tertiary/aromatic N) is 3. The van der Waals surface area contributed by atoms with Crippen LogP contribution in [0.4, 0.5) is 16.4 Å². The van der Waals surface area contributed by atoms with E-state index < -0.39 is 6.09 Å². The van der Waals surface area contributed by atoms with Crippen LogP contribution in [-0.2, 0) is 4.74 Å². The van der Waals surface area contributed by atoms with Crippen molar-refractivity contribution >= 4 is 47.2 Å². The Labute approximate surface area is 163 Å². The standard InChI is InChI=1S/C17H16N6O4S/c1-2-25-17(24)21-13-6-10-14(15(18)20-13)22-16(28)23(10)19-7-9-3-4-11-12(5-9)27-8-26-11/h3-7H,2,8H2,1H3,(H,22,28)(H3,18,20,21,24)/b19-7+. The van der Waals surface area contributed by atoms with Crippen molar-refractivity contribution in [2.24, 2.45) is 5.10 Å². The van der Waals surface area contributed by atoms with Crippen molar-refractivity contribution in [2.45, 2.75) is 6.92 Å². The largest absolute Gasteiger partial charge is 0.454 e. The van der Waals surface area contributed by atoms with Crippen molar-refractivity contribution in [1.29, 1.82) is 0 Å². The number of carbonyl (C=O) groups excluding carboxylic acids is 1. The van der Waals surface area contributed by atoms with Gasteiger partial charge in [0.05, 0.1) is 18.3 Å². The highest BCUT2D eigenvalue weighted by Crippen LogP contribution is 2.32. The maximum atomic E-state index is 11.7. The van der Waals surface area contributed by atoms with Crippen molar-refractivity contribution in [3.63, 3.8) is 0 Å². The van der Waals surface area contributed by atoms with Gasteiger partial charge in [-0.05, 0) is 42.9 Å². The Balaban J connectivity index is 1.70. The molecule has 0 radical (unpaired) electrons. The van der Waals surface area contributed by atoms with Crippen LogP contribution in [0.1, 0.15) is 12.5 Å². The average Bonchev–Trinajstić information content (AvgIpc) is 3.24. The molecule has 0 bridgehead atoms. The maximum absolute atomic E-state index is 11.7. The molecule has 1 aromatic carbocycles. The average molecular weight is 400 g/mol. The van der Waals surface area contributed by atoms with E-state index in [1.165, 1.54) is 4.68 Å². The molecule has 1 amide bonds. The fraction of sp³-hybridized carbons (Fsp3) is 0.176. The van der Waals surface area contributed by atoms with Crippen LogP contribution < -0.4 is 20.5 Å². The fourth-order valence-corrected chi connectivity index (χ4v) is 2.93. The fourth-order valence-electron chi connectivity index (χ4n) is 2.68. The van der Waals surface area contributed by atoms with Gasteiger partial charge in [0.25, 0.3) is 0 Å². The van der Waals surface area contributed by atoms with E-state index in [9.17, 15) is 4.79 Å². The summed E-state index contributed by atoms with van der Waals surface area (Å²) < 4.78 is 17.3. The molecule has 11 heteroatoms. The molecule has 4 rings (SSSR count). The highest BCUT2D eigenvalue weighted by atomic mass is 32.1. The Morgan fingerprint density at radius 3 is 3.11 bits per heavy atom. The Morgan fingerprint density at radius 1 is 1.46 bits per heavy atom. The summed E-state index contributed by atoms with van der Waals surface area (Å²) in [6, 6.07) is 7.07. The summed E-state index contributed by atoms with van der Waals surface area (Å²) >= 11 is 5.33. The number of hydrogen-bond acceptors (Lipinski definition) is 8. The molecule has 144 valence electrons. The smallest absolute Gasteiger partial charge is 0.412 e. The van der Waals surface area contributed by atoms with Gasteiger partial charge in [0.2, 0.25) is 6.79 Å². The first-order valence-electron chi connectivity index (χ1n) is 8.34. The number of anilines is 2. The van der Waals surface area contributed by atoms with Crippen LogP contribution in [0.2, 0.25) is 0 Å². The first-order valence-corrected chi connectivity index (χ1v) is 8.75. The summed E-state index contributed by atoms with van der Waals surface area (Å²) in [6.45, 7) is 2.15. The predicted molar refractivity (Wildman–Crippen MR) is 106 cm³/mol. The van der Waals surface area contributed by atoms with Crippen molar-refractivity contribution < 1.29 is 19.0 Å². The van der Waals surface area contributed by atoms with Crippen molar-refractivity contribution in [3.05, 3.63) is 34.6 Å². The van der Waals surface area contributed by atoms with Crippen LogP contribution in [0, 0.1) is 4.77 Å². The Morgan fingerprint density at radius 2 is 2.29 bits per heavy atom. The van der Waals surface area contributed by atoms with Crippen molar-refractivity contribution in [3.8, 4) is 11.5 Å². The van der Waals surface area contributed by atoms with Crippen LogP contribution in [-0.4, -0.2) is 40.4 Å². The number of aromatic amines is 1. The summed E-state index contributed by atoms with van der Waals surface area (Å²) in [6.07, 6.45) is 0.999. The number of fused-ring (bicyclic) bond motifs is 2. The Kier molecular flexibility index (Phi) is 4.57. The van der Waals surface area contributed by atoms with E-state index in [1.54, 1.807) is 19.2 Å². The second-order valence-electron chi connectivity index (χ2n) is 5.73. The van der Waals surface area contributed by atoms with Gasteiger partial charge >= 0.3 is 6.09 Å². The minimum Gasteiger partial charge on any atom is -0.454 e. The van der Waals surface area contributed by atoms with Crippen LogP contribution in [0.3, 0.4) is 0 Å². The first kappa shape index (κ1) is 17.8. The van der Waals surface area contributed by atoms with E-state index in [0.717, 1.165) is 5.56 Å². The zero-order valence-electron chi connectivity index (χ0n) is 14.8. The van der Waals surface area contributed by atoms with Crippen LogP contribution in [0.25, 0.3) is 11.0 Å². The lowest BCUT2D eigenvalue weighted by atomic mass is 10.2. The number of pyridine rings is 1. The highest BCUT2D eigenvalue weighted by Gasteiger charge is 2.14. The van der Waals surface area contributed by atoms with Crippen LogP contribution in [0.15, 0.2) is 29.4 Å². The molecule has 1 aliphatic heterocycles. The molecule has 4 N–H and O–H groups in total. The number of nitrogens with two attached hydrogens (primary N) is 1. The molecular weight excluding hydrogens is 384 g/mol. The molecule has 0 fully saturated rings. The van der Waals surface area contributed by atoms with Gasteiger partial charge in [-0.15, -0.1) is 0 Å². The number of H-pyrrole nitrogens is 1. The lowest BCUT2D eigenvalue weighted by molar-refractivity contribution is 0.168.